The number of halogens is 1. The Bertz CT molecular complexity index is 997. The lowest BCUT2D eigenvalue weighted by Crippen LogP contribution is -2.33. The molecule has 0 radical (unpaired) electrons. The van der Waals surface area contributed by atoms with Crippen molar-refractivity contribution in [1.82, 2.24) is 19.5 Å². The fourth-order valence-corrected chi connectivity index (χ4v) is 3.41. The molecule has 0 spiro atoms. The molecule has 10 heteroatoms. The van der Waals surface area contributed by atoms with Crippen LogP contribution in [0.2, 0.25) is 5.02 Å². The predicted molar refractivity (Wildman–Crippen MR) is 102 cm³/mol. The minimum atomic E-state index is -1.21. The Balaban J connectivity index is 1.59. The number of hydrogen-bond acceptors (Lipinski definition) is 8. The largest absolute Gasteiger partial charge is 0.394 e. The molecule has 4 rings (SSSR count). The first-order chi connectivity index (χ1) is 13.5. The molecule has 0 saturated carbocycles. The van der Waals surface area contributed by atoms with Crippen LogP contribution in [-0.2, 0) is 11.3 Å². The van der Waals surface area contributed by atoms with E-state index in [9.17, 15) is 15.3 Å². The van der Waals surface area contributed by atoms with E-state index in [0.717, 1.165) is 11.1 Å². The van der Waals surface area contributed by atoms with Crippen LogP contribution in [0.25, 0.3) is 11.2 Å². The normalized spacial score (nSPS) is 24.8. The summed E-state index contributed by atoms with van der Waals surface area (Å²) in [6, 6.07) is 5.82. The van der Waals surface area contributed by atoms with Crippen molar-refractivity contribution in [2.45, 2.75) is 38.0 Å². The highest BCUT2D eigenvalue weighted by molar-refractivity contribution is 6.31. The molecule has 148 valence electrons. The van der Waals surface area contributed by atoms with Gasteiger partial charge in [0.2, 0.25) is 0 Å². The number of aromatic nitrogens is 4. The zero-order chi connectivity index (χ0) is 19.8. The number of benzene rings is 1. The van der Waals surface area contributed by atoms with Gasteiger partial charge in [0.15, 0.2) is 23.2 Å². The second-order valence-corrected chi connectivity index (χ2v) is 7.12. The molecule has 0 aliphatic carbocycles. The van der Waals surface area contributed by atoms with E-state index in [1.807, 2.05) is 25.1 Å². The molecule has 0 bridgehead atoms. The number of aryl methyl sites for hydroxylation is 1. The SMILES string of the molecule is Cc1ccc(CNc2ncnc3c2ncn3C2O[C@H](CO)[C@@H](O)[C@H]2O)cc1Cl. The molecular formula is C18H20ClN5O4. The van der Waals surface area contributed by atoms with Crippen molar-refractivity contribution in [1.29, 1.82) is 0 Å². The van der Waals surface area contributed by atoms with E-state index in [1.54, 1.807) is 0 Å². The summed E-state index contributed by atoms with van der Waals surface area (Å²) >= 11 is 6.17. The molecule has 0 amide bonds. The summed E-state index contributed by atoms with van der Waals surface area (Å²) in [6.07, 6.45) is -1.34. The van der Waals surface area contributed by atoms with Gasteiger partial charge < -0.3 is 25.4 Å². The number of hydrogen-bond donors (Lipinski definition) is 4. The van der Waals surface area contributed by atoms with Crippen LogP contribution in [0.15, 0.2) is 30.9 Å². The number of rotatable bonds is 5. The maximum atomic E-state index is 10.3. The fraction of sp³-hybridized carbons (Fsp3) is 0.389. The van der Waals surface area contributed by atoms with E-state index in [0.29, 0.717) is 28.5 Å². The van der Waals surface area contributed by atoms with Gasteiger partial charge in [-0.1, -0.05) is 23.7 Å². The average Bonchev–Trinajstić information content (AvgIpc) is 3.24. The molecule has 2 aromatic heterocycles. The summed E-state index contributed by atoms with van der Waals surface area (Å²) in [6.45, 7) is 2.03. The number of imidazole rings is 1. The number of ether oxygens (including phenoxy) is 1. The molecule has 1 unspecified atom stereocenters. The topological polar surface area (TPSA) is 126 Å². The van der Waals surface area contributed by atoms with E-state index in [2.05, 4.69) is 20.3 Å². The molecular weight excluding hydrogens is 386 g/mol. The molecule has 1 aliphatic rings. The van der Waals surface area contributed by atoms with E-state index < -0.39 is 31.1 Å². The van der Waals surface area contributed by atoms with Gasteiger partial charge in [0.05, 0.1) is 12.9 Å². The lowest BCUT2D eigenvalue weighted by Gasteiger charge is -2.16. The van der Waals surface area contributed by atoms with Gasteiger partial charge in [-0.3, -0.25) is 4.57 Å². The molecule has 1 aromatic carbocycles. The molecule has 3 heterocycles. The van der Waals surface area contributed by atoms with Crippen LogP contribution in [0.1, 0.15) is 17.4 Å². The molecule has 1 saturated heterocycles. The summed E-state index contributed by atoms with van der Waals surface area (Å²) < 4.78 is 7.08. The van der Waals surface area contributed by atoms with Crippen LogP contribution in [0.3, 0.4) is 0 Å². The summed E-state index contributed by atoms with van der Waals surface area (Å²) in [5.41, 5.74) is 2.94. The third-order valence-electron chi connectivity index (χ3n) is 4.85. The average molecular weight is 406 g/mol. The monoisotopic (exact) mass is 405 g/mol. The highest BCUT2D eigenvalue weighted by Crippen LogP contribution is 2.32. The van der Waals surface area contributed by atoms with Gasteiger partial charge >= 0.3 is 0 Å². The first-order valence-electron chi connectivity index (χ1n) is 8.78. The van der Waals surface area contributed by atoms with Gasteiger partial charge in [-0.15, -0.1) is 0 Å². The molecule has 9 nitrogen and oxygen atoms in total. The van der Waals surface area contributed by atoms with E-state index in [-0.39, 0.29) is 0 Å². The third kappa shape index (κ3) is 3.31. The summed E-state index contributed by atoms with van der Waals surface area (Å²) in [5.74, 6) is 0.521. The minimum absolute atomic E-state index is 0.401. The van der Waals surface area contributed by atoms with Crippen molar-refractivity contribution in [2.75, 3.05) is 11.9 Å². The Morgan fingerprint density at radius 1 is 1.21 bits per heavy atom. The Hall–Kier alpha value is -2.30. The number of aliphatic hydroxyl groups is 3. The first kappa shape index (κ1) is 19.0. The molecule has 28 heavy (non-hydrogen) atoms. The zero-order valence-corrected chi connectivity index (χ0v) is 15.8. The minimum Gasteiger partial charge on any atom is -0.394 e. The maximum absolute atomic E-state index is 10.3. The summed E-state index contributed by atoms with van der Waals surface area (Å²) in [4.78, 5) is 12.8. The van der Waals surface area contributed by atoms with Crippen molar-refractivity contribution in [3.63, 3.8) is 0 Å². The Morgan fingerprint density at radius 3 is 2.75 bits per heavy atom. The van der Waals surface area contributed by atoms with Gasteiger partial charge in [0, 0.05) is 11.6 Å². The van der Waals surface area contributed by atoms with Crippen LogP contribution in [0.5, 0.6) is 0 Å². The number of fused-ring (bicyclic) bond motifs is 1. The smallest absolute Gasteiger partial charge is 0.167 e. The molecule has 1 aliphatic heterocycles. The van der Waals surface area contributed by atoms with Crippen molar-refractivity contribution < 1.29 is 20.1 Å². The zero-order valence-electron chi connectivity index (χ0n) is 15.0. The summed E-state index contributed by atoms with van der Waals surface area (Å²) in [5, 5.41) is 33.4. The quantitative estimate of drug-likeness (QED) is 0.495. The fourth-order valence-electron chi connectivity index (χ4n) is 3.21. The van der Waals surface area contributed by atoms with Crippen molar-refractivity contribution in [3.05, 3.63) is 47.0 Å². The van der Waals surface area contributed by atoms with Crippen LogP contribution < -0.4 is 5.32 Å². The second kappa shape index (κ2) is 7.61. The Labute approximate surface area is 165 Å². The highest BCUT2D eigenvalue weighted by atomic mass is 35.5. The van der Waals surface area contributed by atoms with Crippen molar-refractivity contribution in [3.8, 4) is 0 Å². The Kier molecular flexibility index (Phi) is 5.17. The highest BCUT2D eigenvalue weighted by Gasteiger charge is 2.44. The predicted octanol–water partition coefficient (Wildman–Crippen LogP) is 1.01. The van der Waals surface area contributed by atoms with Crippen LogP contribution in [-0.4, -0.2) is 59.8 Å². The number of nitrogens with one attached hydrogen (secondary N) is 1. The maximum Gasteiger partial charge on any atom is 0.167 e. The first-order valence-corrected chi connectivity index (χ1v) is 9.16. The van der Waals surface area contributed by atoms with Gasteiger partial charge in [0.1, 0.15) is 24.6 Å². The van der Waals surface area contributed by atoms with Gasteiger partial charge in [-0.25, -0.2) is 15.0 Å². The van der Waals surface area contributed by atoms with Crippen LogP contribution >= 0.6 is 11.6 Å². The van der Waals surface area contributed by atoms with Gasteiger partial charge in [-0.05, 0) is 24.1 Å². The molecule has 1 fully saturated rings. The van der Waals surface area contributed by atoms with Gasteiger partial charge in [0.25, 0.3) is 0 Å². The summed E-state index contributed by atoms with van der Waals surface area (Å²) in [7, 11) is 0. The van der Waals surface area contributed by atoms with Crippen molar-refractivity contribution >= 4 is 28.6 Å². The van der Waals surface area contributed by atoms with Gasteiger partial charge in [-0.2, -0.15) is 0 Å². The van der Waals surface area contributed by atoms with Crippen LogP contribution in [0, 0.1) is 6.92 Å². The standard InChI is InChI=1S/C18H20ClN5O4/c1-9-2-3-10(4-11(9)19)5-20-16-13-17(22-7-21-16)24(8-23-13)18-15(27)14(26)12(6-25)28-18/h2-4,7-8,12,14-15,18,25-27H,5-6H2,1H3,(H,20,21,22)/t12-,14-,15-,18?/m1/s1. The number of anilines is 1. The van der Waals surface area contributed by atoms with Crippen LogP contribution in [0.4, 0.5) is 5.82 Å². The molecule has 4 atom stereocenters. The van der Waals surface area contributed by atoms with Crippen molar-refractivity contribution in [2.24, 2.45) is 0 Å². The van der Waals surface area contributed by atoms with E-state index >= 15 is 0 Å². The number of aliphatic hydroxyl groups excluding tert-OH is 3. The number of nitrogens with zero attached hydrogens (tertiary/aromatic N) is 4. The Morgan fingerprint density at radius 2 is 2.04 bits per heavy atom. The lowest BCUT2D eigenvalue weighted by molar-refractivity contribution is -0.0511. The third-order valence-corrected chi connectivity index (χ3v) is 5.25. The van der Waals surface area contributed by atoms with E-state index in [1.165, 1.54) is 17.2 Å². The molecule has 3 aromatic rings. The van der Waals surface area contributed by atoms with E-state index in [4.69, 9.17) is 16.3 Å². The second-order valence-electron chi connectivity index (χ2n) is 6.71. The molecule has 4 N–H and O–H groups in total. The lowest BCUT2D eigenvalue weighted by atomic mass is 10.1.